The molecule has 0 aliphatic carbocycles. The molecule has 2 aromatic carbocycles. The van der Waals surface area contributed by atoms with Crippen LogP contribution in [0.5, 0.6) is 0 Å². The molecule has 3 aromatic rings. The third-order valence-electron chi connectivity index (χ3n) is 2.78. The van der Waals surface area contributed by atoms with E-state index in [0.717, 1.165) is 24.5 Å². The first-order chi connectivity index (χ1) is 10.2. The van der Waals surface area contributed by atoms with Gasteiger partial charge in [-0.05, 0) is 59.0 Å². The molecular weight excluding hydrogens is 395 g/mol. The fraction of sp³-hybridized carbons (Fsp3) is 0. The lowest BCUT2D eigenvalue weighted by Crippen LogP contribution is -2.07. The van der Waals surface area contributed by atoms with E-state index in [1.54, 1.807) is 17.4 Å². The van der Waals surface area contributed by atoms with Crippen molar-refractivity contribution in [1.82, 2.24) is 4.98 Å². The number of fused-ring (bicyclic) bond motifs is 1. The van der Waals surface area contributed by atoms with Crippen molar-refractivity contribution in [1.29, 1.82) is 0 Å². The van der Waals surface area contributed by atoms with Crippen LogP contribution in [0.25, 0.3) is 16.3 Å². The second-order valence-electron chi connectivity index (χ2n) is 4.35. The molecular formula is C16H11IN2OS. The van der Waals surface area contributed by atoms with E-state index in [-0.39, 0.29) is 5.91 Å². The highest BCUT2D eigenvalue weighted by molar-refractivity contribution is 14.1. The largest absolute Gasteiger partial charge is 0.322 e. The van der Waals surface area contributed by atoms with Crippen LogP contribution in [0.15, 0.2) is 54.6 Å². The Bertz CT molecular complexity index is 793. The molecule has 0 bridgehead atoms. The molecule has 0 saturated heterocycles. The monoisotopic (exact) mass is 406 g/mol. The molecule has 0 saturated carbocycles. The highest BCUT2D eigenvalue weighted by Crippen LogP contribution is 2.22. The summed E-state index contributed by atoms with van der Waals surface area (Å²) in [5, 5.41) is 3.66. The maximum atomic E-state index is 11.9. The SMILES string of the molecule is O=C(C=Cc1nc2ccccc2s1)Nc1cccc(I)c1. The molecule has 0 unspecified atom stereocenters. The van der Waals surface area contributed by atoms with E-state index in [0.29, 0.717) is 0 Å². The highest BCUT2D eigenvalue weighted by Gasteiger charge is 2.01. The molecule has 21 heavy (non-hydrogen) atoms. The third-order valence-corrected chi connectivity index (χ3v) is 4.45. The summed E-state index contributed by atoms with van der Waals surface area (Å²) in [7, 11) is 0. The van der Waals surface area contributed by atoms with Crippen LogP contribution in [-0.4, -0.2) is 10.9 Å². The van der Waals surface area contributed by atoms with Crippen LogP contribution >= 0.6 is 33.9 Å². The van der Waals surface area contributed by atoms with Gasteiger partial charge < -0.3 is 5.32 Å². The van der Waals surface area contributed by atoms with Gasteiger partial charge in [0.15, 0.2) is 0 Å². The van der Waals surface area contributed by atoms with Gasteiger partial charge in [-0.25, -0.2) is 4.98 Å². The summed E-state index contributed by atoms with van der Waals surface area (Å²) in [4.78, 5) is 16.3. The van der Waals surface area contributed by atoms with Gasteiger partial charge in [0.05, 0.1) is 10.2 Å². The number of rotatable bonds is 3. The quantitative estimate of drug-likeness (QED) is 0.512. The number of nitrogens with zero attached hydrogens (tertiary/aromatic N) is 1. The predicted octanol–water partition coefficient (Wildman–Crippen LogP) is 4.55. The average Bonchev–Trinajstić information content (AvgIpc) is 2.88. The topological polar surface area (TPSA) is 42.0 Å². The number of carbonyl (C=O) groups excluding carboxylic acids is 1. The lowest BCUT2D eigenvalue weighted by Gasteiger charge is -2.01. The molecule has 1 N–H and O–H groups in total. The minimum atomic E-state index is -0.156. The number of carbonyl (C=O) groups is 1. The molecule has 0 aliphatic rings. The minimum absolute atomic E-state index is 0.156. The van der Waals surface area contributed by atoms with Gasteiger partial charge in [0.1, 0.15) is 5.01 Å². The Balaban J connectivity index is 1.71. The van der Waals surface area contributed by atoms with Crippen molar-refractivity contribution in [3.63, 3.8) is 0 Å². The zero-order valence-electron chi connectivity index (χ0n) is 10.9. The van der Waals surface area contributed by atoms with E-state index in [1.807, 2.05) is 48.5 Å². The summed E-state index contributed by atoms with van der Waals surface area (Å²) >= 11 is 3.78. The van der Waals surface area contributed by atoms with Gasteiger partial charge in [0.25, 0.3) is 0 Å². The van der Waals surface area contributed by atoms with Crippen molar-refractivity contribution in [2.75, 3.05) is 5.32 Å². The molecule has 3 nitrogen and oxygen atoms in total. The summed E-state index contributed by atoms with van der Waals surface area (Å²) in [6, 6.07) is 15.6. The van der Waals surface area contributed by atoms with Crippen molar-refractivity contribution in [2.45, 2.75) is 0 Å². The average molecular weight is 406 g/mol. The normalized spacial score (nSPS) is 11.1. The van der Waals surface area contributed by atoms with E-state index in [2.05, 4.69) is 32.9 Å². The molecule has 5 heteroatoms. The number of amides is 1. The highest BCUT2D eigenvalue weighted by atomic mass is 127. The number of hydrogen-bond acceptors (Lipinski definition) is 3. The number of thiazole rings is 1. The maximum Gasteiger partial charge on any atom is 0.248 e. The van der Waals surface area contributed by atoms with Crippen LogP contribution in [0.3, 0.4) is 0 Å². The number of halogens is 1. The molecule has 104 valence electrons. The molecule has 0 spiro atoms. The smallest absolute Gasteiger partial charge is 0.248 e. The summed E-state index contributed by atoms with van der Waals surface area (Å²) in [5.41, 5.74) is 1.75. The number of benzene rings is 2. The van der Waals surface area contributed by atoms with Crippen LogP contribution in [0.1, 0.15) is 5.01 Å². The Labute approximate surface area is 139 Å². The van der Waals surface area contributed by atoms with Gasteiger partial charge >= 0.3 is 0 Å². The van der Waals surface area contributed by atoms with Gasteiger partial charge in [-0.2, -0.15) is 0 Å². The lowest BCUT2D eigenvalue weighted by molar-refractivity contribution is -0.111. The Morgan fingerprint density at radius 2 is 2.05 bits per heavy atom. The molecule has 0 atom stereocenters. The van der Waals surface area contributed by atoms with Crippen LogP contribution in [-0.2, 0) is 4.79 Å². The number of hydrogen-bond donors (Lipinski definition) is 1. The number of nitrogens with one attached hydrogen (secondary N) is 1. The Hall–Kier alpha value is -1.73. The fourth-order valence-corrected chi connectivity index (χ4v) is 3.27. The third kappa shape index (κ3) is 3.68. The molecule has 3 rings (SSSR count). The van der Waals surface area contributed by atoms with Gasteiger partial charge in [-0.1, -0.05) is 18.2 Å². The van der Waals surface area contributed by atoms with Gasteiger partial charge in [0, 0.05) is 15.3 Å². The molecule has 0 fully saturated rings. The number of aromatic nitrogens is 1. The second kappa shape index (κ2) is 6.36. The summed E-state index contributed by atoms with van der Waals surface area (Å²) in [6.07, 6.45) is 3.26. The Kier molecular flexibility index (Phi) is 4.31. The number of para-hydroxylation sites is 1. The van der Waals surface area contributed by atoms with E-state index < -0.39 is 0 Å². The molecule has 1 aromatic heterocycles. The van der Waals surface area contributed by atoms with Gasteiger partial charge in [-0.3, -0.25) is 4.79 Å². The van der Waals surface area contributed by atoms with E-state index in [4.69, 9.17) is 0 Å². The van der Waals surface area contributed by atoms with Crippen molar-refractivity contribution < 1.29 is 4.79 Å². The molecule has 0 radical (unpaired) electrons. The maximum absolute atomic E-state index is 11.9. The molecule has 1 heterocycles. The number of anilines is 1. The summed E-state index contributed by atoms with van der Waals surface area (Å²) in [6.45, 7) is 0. The standard InChI is InChI=1S/C16H11IN2OS/c17-11-4-3-5-12(10-11)18-15(20)8-9-16-19-13-6-1-2-7-14(13)21-16/h1-10H,(H,18,20). The van der Waals surface area contributed by atoms with Crippen LogP contribution < -0.4 is 5.32 Å². The van der Waals surface area contributed by atoms with Gasteiger partial charge in [-0.15, -0.1) is 11.3 Å². The van der Waals surface area contributed by atoms with Crippen molar-refractivity contribution in [3.8, 4) is 0 Å². The van der Waals surface area contributed by atoms with E-state index in [9.17, 15) is 4.79 Å². The first-order valence-corrected chi connectivity index (χ1v) is 8.20. The first kappa shape index (κ1) is 14.2. The second-order valence-corrected chi connectivity index (χ2v) is 6.66. The van der Waals surface area contributed by atoms with Crippen LogP contribution in [0, 0.1) is 3.57 Å². The van der Waals surface area contributed by atoms with Gasteiger partial charge in [0.2, 0.25) is 5.91 Å². The predicted molar refractivity (Wildman–Crippen MR) is 96.4 cm³/mol. The Morgan fingerprint density at radius 3 is 2.86 bits per heavy atom. The Morgan fingerprint density at radius 1 is 1.19 bits per heavy atom. The first-order valence-electron chi connectivity index (χ1n) is 6.31. The van der Waals surface area contributed by atoms with Crippen molar-refractivity contribution in [3.05, 3.63) is 63.2 Å². The summed E-state index contributed by atoms with van der Waals surface area (Å²) < 4.78 is 2.20. The summed E-state index contributed by atoms with van der Waals surface area (Å²) in [5.74, 6) is -0.156. The molecule has 0 aliphatic heterocycles. The van der Waals surface area contributed by atoms with Crippen LogP contribution in [0.4, 0.5) is 5.69 Å². The van der Waals surface area contributed by atoms with E-state index >= 15 is 0 Å². The van der Waals surface area contributed by atoms with E-state index in [1.165, 1.54) is 6.08 Å². The van der Waals surface area contributed by atoms with Crippen LogP contribution in [0.2, 0.25) is 0 Å². The molecule has 1 amide bonds. The lowest BCUT2D eigenvalue weighted by atomic mass is 10.3. The minimum Gasteiger partial charge on any atom is -0.322 e. The van der Waals surface area contributed by atoms with Crippen molar-refractivity contribution >= 4 is 61.8 Å². The zero-order valence-corrected chi connectivity index (χ0v) is 13.9. The van der Waals surface area contributed by atoms with Crippen molar-refractivity contribution in [2.24, 2.45) is 0 Å². The zero-order chi connectivity index (χ0) is 14.7. The fourth-order valence-electron chi connectivity index (χ4n) is 1.86.